The van der Waals surface area contributed by atoms with Crippen molar-refractivity contribution in [3.8, 4) is 5.88 Å². The Kier molecular flexibility index (Phi) is 11.3. The monoisotopic (exact) mass is 487 g/mol. The van der Waals surface area contributed by atoms with Gasteiger partial charge in [-0.05, 0) is 31.7 Å². The van der Waals surface area contributed by atoms with E-state index in [2.05, 4.69) is 45.9 Å². The lowest BCUT2D eigenvalue weighted by atomic mass is 10.0. The predicted octanol–water partition coefficient (Wildman–Crippen LogP) is 3.19. The van der Waals surface area contributed by atoms with E-state index in [4.69, 9.17) is 4.74 Å². The van der Waals surface area contributed by atoms with Crippen molar-refractivity contribution in [3.63, 3.8) is 0 Å². The van der Waals surface area contributed by atoms with Crippen molar-refractivity contribution in [2.24, 2.45) is 4.99 Å². The highest BCUT2D eigenvalue weighted by atomic mass is 127. The Labute approximate surface area is 180 Å². The highest BCUT2D eigenvalue weighted by Crippen LogP contribution is 2.12. The van der Waals surface area contributed by atoms with Crippen LogP contribution in [-0.2, 0) is 6.54 Å². The van der Waals surface area contributed by atoms with E-state index in [1.807, 2.05) is 25.4 Å². The molecule has 0 bridgehead atoms. The summed E-state index contributed by atoms with van der Waals surface area (Å²) in [6.07, 6.45) is 5.08. The minimum absolute atomic E-state index is 0. The highest BCUT2D eigenvalue weighted by molar-refractivity contribution is 14.0. The molecule has 0 unspecified atom stereocenters. The smallest absolute Gasteiger partial charge is 0.213 e. The summed E-state index contributed by atoms with van der Waals surface area (Å²) in [4.78, 5) is 11.1. The molecule has 2 N–H and O–H groups in total. The molecule has 152 valence electrons. The topological polar surface area (TPSA) is 61.8 Å². The van der Waals surface area contributed by atoms with Crippen molar-refractivity contribution in [1.29, 1.82) is 0 Å². The maximum absolute atomic E-state index is 5.51. The average molecular weight is 487 g/mol. The van der Waals surface area contributed by atoms with Gasteiger partial charge in [-0.1, -0.05) is 25.1 Å². The highest BCUT2D eigenvalue weighted by Gasteiger charge is 2.19. The van der Waals surface area contributed by atoms with Crippen LogP contribution in [-0.4, -0.2) is 55.2 Å². The lowest BCUT2D eigenvalue weighted by Gasteiger charge is -2.33. The van der Waals surface area contributed by atoms with E-state index in [0.29, 0.717) is 25.1 Å². The first-order chi connectivity index (χ1) is 12.6. The van der Waals surface area contributed by atoms with Crippen molar-refractivity contribution in [1.82, 2.24) is 20.5 Å². The van der Waals surface area contributed by atoms with Crippen molar-refractivity contribution in [2.75, 3.05) is 33.3 Å². The SMILES string of the molecule is C=C(C)CN1CCC(NC(=NC)NCc2ccc(OCCC)nc2)CC1.I. The van der Waals surface area contributed by atoms with E-state index in [1.165, 1.54) is 5.57 Å². The molecule has 1 fully saturated rings. The summed E-state index contributed by atoms with van der Waals surface area (Å²) in [5.41, 5.74) is 2.33. The Morgan fingerprint density at radius 2 is 2.11 bits per heavy atom. The van der Waals surface area contributed by atoms with Crippen LogP contribution in [0.4, 0.5) is 0 Å². The quantitative estimate of drug-likeness (QED) is 0.255. The number of pyridine rings is 1. The first-order valence-corrected chi connectivity index (χ1v) is 9.52. The van der Waals surface area contributed by atoms with Gasteiger partial charge < -0.3 is 15.4 Å². The molecular weight excluding hydrogens is 453 g/mol. The Hall–Kier alpha value is -1.35. The van der Waals surface area contributed by atoms with E-state index >= 15 is 0 Å². The van der Waals surface area contributed by atoms with Crippen molar-refractivity contribution in [3.05, 3.63) is 36.0 Å². The molecule has 0 saturated carbocycles. The van der Waals surface area contributed by atoms with E-state index in [9.17, 15) is 0 Å². The molecule has 0 radical (unpaired) electrons. The molecule has 0 amide bonds. The number of piperidine rings is 1. The van der Waals surface area contributed by atoms with Crippen molar-refractivity contribution in [2.45, 2.75) is 45.7 Å². The second kappa shape index (κ2) is 12.9. The first kappa shape index (κ1) is 23.7. The summed E-state index contributed by atoms with van der Waals surface area (Å²) in [7, 11) is 1.81. The largest absolute Gasteiger partial charge is 0.478 e. The minimum atomic E-state index is 0. The number of nitrogens with one attached hydrogen (secondary N) is 2. The normalized spacial score (nSPS) is 15.7. The zero-order chi connectivity index (χ0) is 18.8. The van der Waals surface area contributed by atoms with E-state index in [-0.39, 0.29) is 24.0 Å². The molecule has 0 spiro atoms. The number of guanidine groups is 1. The summed E-state index contributed by atoms with van der Waals surface area (Å²) < 4.78 is 5.51. The summed E-state index contributed by atoms with van der Waals surface area (Å²) >= 11 is 0. The van der Waals surface area contributed by atoms with Gasteiger partial charge in [-0.2, -0.15) is 0 Å². The van der Waals surface area contributed by atoms with Crippen LogP contribution < -0.4 is 15.4 Å². The number of hydrogen-bond acceptors (Lipinski definition) is 4. The summed E-state index contributed by atoms with van der Waals surface area (Å²) in [6, 6.07) is 4.42. The Morgan fingerprint density at radius 1 is 1.37 bits per heavy atom. The van der Waals surface area contributed by atoms with Gasteiger partial charge in [0.25, 0.3) is 0 Å². The van der Waals surface area contributed by atoms with Crippen LogP contribution in [0.15, 0.2) is 35.5 Å². The maximum atomic E-state index is 5.51. The van der Waals surface area contributed by atoms with Crippen molar-refractivity contribution >= 4 is 29.9 Å². The van der Waals surface area contributed by atoms with Crippen molar-refractivity contribution < 1.29 is 4.74 Å². The summed E-state index contributed by atoms with van der Waals surface area (Å²) in [5.74, 6) is 1.52. The third-order valence-corrected chi connectivity index (χ3v) is 4.36. The van der Waals surface area contributed by atoms with Gasteiger partial charge in [0.1, 0.15) is 0 Å². The molecule has 6 nitrogen and oxygen atoms in total. The second-order valence-corrected chi connectivity index (χ2v) is 6.93. The Balaban J connectivity index is 0.00000364. The Morgan fingerprint density at radius 3 is 2.67 bits per heavy atom. The van der Waals surface area contributed by atoms with Gasteiger partial charge in [0.2, 0.25) is 5.88 Å². The third kappa shape index (κ3) is 8.92. The standard InChI is InChI=1S/C20H33N5O.HI/c1-5-12-26-19-7-6-17(13-22-19)14-23-20(21-4)24-18-8-10-25(11-9-18)15-16(2)3;/h6-7,13,18H,2,5,8-12,14-15H2,1,3-4H3,(H2,21,23,24);1H. The predicted molar refractivity (Wildman–Crippen MR) is 123 cm³/mol. The van der Waals surface area contributed by atoms with Gasteiger partial charge in [0.15, 0.2) is 5.96 Å². The molecule has 2 heterocycles. The second-order valence-electron chi connectivity index (χ2n) is 6.93. The molecule has 0 atom stereocenters. The molecule has 1 aromatic rings. The van der Waals surface area contributed by atoms with Crippen LogP contribution in [0.2, 0.25) is 0 Å². The number of aromatic nitrogens is 1. The van der Waals surface area contributed by atoms with Gasteiger partial charge >= 0.3 is 0 Å². The molecule has 27 heavy (non-hydrogen) atoms. The molecule has 0 aliphatic carbocycles. The number of nitrogens with zero attached hydrogens (tertiary/aromatic N) is 3. The van der Waals surface area contributed by atoms with Crippen LogP contribution in [0.3, 0.4) is 0 Å². The molecule has 1 aromatic heterocycles. The molecule has 7 heteroatoms. The van der Waals surface area contributed by atoms with Gasteiger partial charge in [0, 0.05) is 51.5 Å². The van der Waals surface area contributed by atoms with E-state index in [0.717, 1.165) is 50.4 Å². The molecule has 0 aromatic carbocycles. The number of likely N-dealkylation sites (tertiary alicyclic amines) is 1. The third-order valence-electron chi connectivity index (χ3n) is 4.36. The maximum Gasteiger partial charge on any atom is 0.213 e. The zero-order valence-electron chi connectivity index (χ0n) is 16.8. The van der Waals surface area contributed by atoms with Gasteiger partial charge in [0.05, 0.1) is 6.61 Å². The number of hydrogen-bond donors (Lipinski definition) is 2. The van der Waals surface area contributed by atoms with Crippen LogP contribution in [0.25, 0.3) is 0 Å². The summed E-state index contributed by atoms with van der Waals surface area (Å²) in [5, 5.41) is 6.90. The minimum Gasteiger partial charge on any atom is -0.478 e. The fourth-order valence-electron chi connectivity index (χ4n) is 3.00. The molecule has 1 aliphatic heterocycles. The number of aliphatic imine (C=N–C) groups is 1. The molecule has 1 saturated heterocycles. The van der Waals surface area contributed by atoms with Gasteiger partial charge in [-0.3, -0.25) is 9.89 Å². The fourth-order valence-corrected chi connectivity index (χ4v) is 3.00. The van der Waals surface area contributed by atoms with Gasteiger partial charge in [-0.25, -0.2) is 4.98 Å². The molecule has 1 aliphatic rings. The van der Waals surface area contributed by atoms with E-state index < -0.39 is 0 Å². The number of halogens is 1. The number of rotatable bonds is 8. The zero-order valence-corrected chi connectivity index (χ0v) is 19.2. The first-order valence-electron chi connectivity index (χ1n) is 9.52. The Bertz CT molecular complexity index is 583. The van der Waals surface area contributed by atoms with Gasteiger partial charge in [-0.15, -0.1) is 24.0 Å². The number of ether oxygens (including phenoxy) is 1. The van der Waals surface area contributed by atoms with Crippen LogP contribution >= 0.6 is 24.0 Å². The molecule has 2 rings (SSSR count). The summed E-state index contributed by atoms with van der Waals surface area (Å²) in [6.45, 7) is 12.8. The van der Waals surface area contributed by atoms with Crippen LogP contribution in [0, 0.1) is 0 Å². The van der Waals surface area contributed by atoms with E-state index in [1.54, 1.807) is 0 Å². The average Bonchev–Trinajstić information content (AvgIpc) is 2.65. The lowest BCUT2D eigenvalue weighted by molar-refractivity contribution is 0.221. The van der Waals surface area contributed by atoms with Crippen LogP contribution in [0.5, 0.6) is 5.88 Å². The molecular formula is C20H34IN5O. The fraction of sp³-hybridized carbons (Fsp3) is 0.600. The lowest BCUT2D eigenvalue weighted by Crippen LogP contribution is -2.48. The van der Waals surface area contributed by atoms with Crippen LogP contribution in [0.1, 0.15) is 38.7 Å².